The van der Waals surface area contributed by atoms with Gasteiger partial charge in [-0.25, -0.2) is 4.98 Å². The highest BCUT2D eigenvalue weighted by Gasteiger charge is 2.39. The summed E-state index contributed by atoms with van der Waals surface area (Å²) < 4.78 is 0. The lowest BCUT2D eigenvalue weighted by molar-refractivity contribution is 0.0457. The van der Waals surface area contributed by atoms with Gasteiger partial charge in [-0.3, -0.25) is 4.90 Å². The van der Waals surface area contributed by atoms with E-state index in [1.807, 2.05) is 12.3 Å². The third-order valence-corrected chi connectivity index (χ3v) is 5.36. The number of benzene rings is 1. The summed E-state index contributed by atoms with van der Waals surface area (Å²) >= 11 is 0. The van der Waals surface area contributed by atoms with E-state index >= 15 is 0 Å². The van der Waals surface area contributed by atoms with Crippen molar-refractivity contribution in [2.45, 2.75) is 31.8 Å². The fourth-order valence-corrected chi connectivity index (χ4v) is 4.00. The van der Waals surface area contributed by atoms with Gasteiger partial charge in [-0.15, -0.1) is 0 Å². The molecule has 0 spiro atoms. The van der Waals surface area contributed by atoms with Crippen LogP contribution in [0.2, 0.25) is 0 Å². The normalized spacial score (nSPS) is 30.2. The average Bonchev–Trinajstić information content (AvgIpc) is 2.60. The number of aromatic nitrogens is 1. The van der Waals surface area contributed by atoms with Crippen LogP contribution < -0.4 is 5.32 Å². The van der Waals surface area contributed by atoms with Crippen molar-refractivity contribution in [2.24, 2.45) is 5.92 Å². The maximum atomic E-state index is 4.64. The summed E-state index contributed by atoms with van der Waals surface area (Å²) in [5.41, 5.74) is 2.39. The third-order valence-electron chi connectivity index (χ3n) is 5.36. The Labute approximate surface area is 132 Å². The summed E-state index contributed by atoms with van der Waals surface area (Å²) in [4.78, 5) is 7.24. The Morgan fingerprint density at radius 1 is 1.00 bits per heavy atom. The highest BCUT2D eigenvalue weighted by molar-refractivity contribution is 5.63. The van der Waals surface area contributed by atoms with Gasteiger partial charge in [0.15, 0.2) is 0 Å². The topological polar surface area (TPSA) is 28.2 Å². The van der Waals surface area contributed by atoms with E-state index in [9.17, 15) is 0 Å². The smallest absolute Gasteiger partial charge is 0.126 e. The molecular formula is C19H23N3. The molecule has 2 bridgehead atoms. The molecule has 4 heterocycles. The molecule has 3 heteroatoms. The van der Waals surface area contributed by atoms with Gasteiger partial charge in [-0.2, -0.15) is 0 Å². The first kappa shape index (κ1) is 13.8. The molecule has 1 aromatic heterocycles. The van der Waals surface area contributed by atoms with Crippen molar-refractivity contribution in [2.75, 3.05) is 18.4 Å². The number of rotatable bonds is 3. The first-order valence-electron chi connectivity index (χ1n) is 8.33. The van der Waals surface area contributed by atoms with Gasteiger partial charge < -0.3 is 5.32 Å². The van der Waals surface area contributed by atoms with Crippen molar-refractivity contribution in [1.82, 2.24) is 9.88 Å². The van der Waals surface area contributed by atoms with Gasteiger partial charge in [-0.1, -0.05) is 30.3 Å². The quantitative estimate of drug-likeness (QED) is 0.936. The largest absolute Gasteiger partial charge is 0.365 e. The van der Waals surface area contributed by atoms with E-state index in [2.05, 4.69) is 58.5 Å². The van der Waals surface area contributed by atoms with Crippen LogP contribution in [0.15, 0.2) is 48.7 Å². The molecule has 5 rings (SSSR count). The second-order valence-corrected chi connectivity index (χ2v) is 6.58. The second-order valence-electron chi connectivity index (χ2n) is 6.58. The van der Waals surface area contributed by atoms with E-state index < -0.39 is 0 Å². The van der Waals surface area contributed by atoms with E-state index in [1.165, 1.54) is 37.1 Å². The summed E-state index contributed by atoms with van der Waals surface area (Å²) in [6.07, 6.45) is 4.62. The van der Waals surface area contributed by atoms with Crippen LogP contribution in [0.25, 0.3) is 11.1 Å². The Balaban J connectivity index is 1.50. The van der Waals surface area contributed by atoms with Crippen molar-refractivity contribution < 1.29 is 0 Å². The van der Waals surface area contributed by atoms with Gasteiger partial charge >= 0.3 is 0 Å². The fourth-order valence-electron chi connectivity index (χ4n) is 4.00. The van der Waals surface area contributed by atoms with E-state index in [0.717, 1.165) is 11.7 Å². The zero-order valence-corrected chi connectivity index (χ0v) is 13.1. The Morgan fingerprint density at radius 2 is 1.77 bits per heavy atom. The molecule has 2 atom stereocenters. The lowest BCUT2D eigenvalue weighted by atomic mass is 9.79. The lowest BCUT2D eigenvalue weighted by Gasteiger charge is -2.50. The number of anilines is 1. The molecule has 3 aliphatic heterocycles. The summed E-state index contributed by atoms with van der Waals surface area (Å²) in [5.74, 6) is 1.81. The minimum atomic E-state index is 0.539. The fraction of sp³-hybridized carbons (Fsp3) is 0.421. The van der Waals surface area contributed by atoms with E-state index in [1.54, 1.807) is 0 Å². The van der Waals surface area contributed by atoms with Gasteiger partial charge in [0, 0.05) is 23.8 Å². The molecule has 3 fully saturated rings. The van der Waals surface area contributed by atoms with Gasteiger partial charge in [0.05, 0.1) is 0 Å². The maximum Gasteiger partial charge on any atom is 0.126 e. The summed E-state index contributed by atoms with van der Waals surface area (Å²) in [7, 11) is 0. The minimum absolute atomic E-state index is 0.539. The van der Waals surface area contributed by atoms with Crippen LogP contribution in [-0.4, -0.2) is 35.1 Å². The monoisotopic (exact) mass is 293 g/mol. The van der Waals surface area contributed by atoms with E-state index in [-0.39, 0.29) is 0 Å². The molecule has 1 N–H and O–H groups in total. The molecule has 22 heavy (non-hydrogen) atoms. The Morgan fingerprint density at radius 3 is 2.41 bits per heavy atom. The number of nitrogens with zero attached hydrogens (tertiary/aromatic N) is 2. The number of hydrogen-bond donors (Lipinski definition) is 1. The van der Waals surface area contributed by atoms with Crippen LogP contribution in [-0.2, 0) is 0 Å². The minimum Gasteiger partial charge on any atom is -0.365 e. The molecule has 2 aromatic rings. The molecule has 3 nitrogen and oxygen atoms in total. The second kappa shape index (κ2) is 5.73. The van der Waals surface area contributed by atoms with Gasteiger partial charge in [0.2, 0.25) is 0 Å². The predicted octanol–water partition coefficient (Wildman–Crippen LogP) is 3.64. The Bertz CT molecular complexity index is 613. The standard InChI is InChI=1S/C19H23N3/c1-14-19(16-9-11-22(14)12-10-16)21-18-8-7-17(13-20-18)15-5-3-2-4-6-15/h2-8,13-14,16,19H,9-12H2,1H3,(H,20,21). The highest BCUT2D eigenvalue weighted by Crippen LogP contribution is 2.33. The van der Waals surface area contributed by atoms with Crippen molar-refractivity contribution in [3.05, 3.63) is 48.7 Å². The first-order valence-corrected chi connectivity index (χ1v) is 8.33. The lowest BCUT2D eigenvalue weighted by Crippen LogP contribution is -2.59. The first-order chi connectivity index (χ1) is 10.8. The van der Waals surface area contributed by atoms with Crippen molar-refractivity contribution in [3.63, 3.8) is 0 Å². The molecule has 0 saturated carbocycles. The summed E-state index contributed by atoms with van der Waals surface area (Å²) in [5, 5.41) is 3.69. The molecule has 0 aliphatic carbocycles. The number of nitrogens with one attached hydrogen (secondary N) is 1. The van der Waals surface area contributed by atoms with Gasteiger partial charge in [0.1, 0.15) is 5.82 Å². The molecule has 0 amide bonds. The van der Waals surface area contributed by atoms with Gasteiger partial charge in [0.25, 0.3) is 0 Å². The van der Waals surface area contributed by atoms with E-state index in [0.29, 0.717) is 12.1 Å². The van der Waals surface area contributed by atoms with E-state index in [4.69, 9.17) is 0 Å². The maximum absolute atomic E-state index is 4.64. The zero-order chi connectivity index (χ0) is 14.9. The highest BCUT2D eigenvalue weighted by atomic mass is 15.2. The zero-order valence-electron chi connectivity index (χ0n) is 13.1. The number of pyridine rings is 1. The van der Waals surface area contributed by atoms with Crippen molar-refractivity contribution in [3.8, 4) is 11.1 Å². The molecule has 3 aliphatic rings. The number of fused-ring (bicyclic) bond motifs is 3. The van der Waals surface area contributed by atoms with Crippen LogP contribution >= 0.6 is 0 Å². The SMILES string of the molecule is CC1C(Nc2ccc(-c3ccccc3)cn2)C2CCN1CC2. The molecule has 1 aromatic carbocycles. The predicted molar refractivity (Wildman–Crippen MR) is 90.8 cm³/mol. The Kier molecular flexibility index (Phi) is 3.59. The number of hydrogen-bond acceptors (Lipinski definition) is 3. The molecule has 0 radical (unpaired) electrons. The number of piperidine rings is 3. The van der Waals surface area contributed by atoms with Crippen LogP contribution in [0.3, 0.4) is 0 Å². The average molecular weight is 293 g/mol. The summed E-state index contributed by atoms with van der Waals surface area (Å²) in [6, 6.07) is 15.9. The Hall–Kier alpha value is -1.87. The van der Waals surface area contributed by atoms with Gasteiger partial charge in [-0.05, 0) is 56.5 Å². The van der Waals surface area contributed by atoms with Crippen LogP contribution in [0.5, 0.6) is 0 Å². The molecule has 114 valence electrons. The van der Waals surface area contributed by atoms with Crippen LogP contribution in [0.1, 0.15) is 19.8 Å². The van der Waals surface area contributed by atoms with Crippen molar-refractivity contribution in [1.29, 1.82) is 0 Å². The van der Waals surface area contributed by atoms with Crippen LogP contribution in [0, 0.1) is 5.92 Å². The molecule has 3 saturated heterocycles. The summed E-state index contributed by atoms with van der Waals surface area (Å²) in [6.45, 7) is 4.89. The third kappa shape index (κ3) is 2.50. The van der Waals surface area contributed by atoms with Crippen LogP contribution in [0.4, 0.5) is 5.82 Å². The molecule has 2 unspecified atom stereocenters. The van der Waals surface area contributed by atoms with Crippen molar-refractivity contribution >= 4 is 5.82 Å². The molecular weight excluding hydrogens is 270 g/mol.